The Kier molecular flexibility index (Phi) is 4.37. The van der Waals surface area contributed by atoms with Crippen molar-refractivity contribution in [3.05, 3.63) is 112 Å². The van der Waals surface area contributed by atoms with Crippen molar-refractivity contribution in [2.75, 3.05) is 0 Å². The van der Waals surface area contributed by atoms with Gasteiger partial charge in [0.1, 0.15) is 18.0 Å². The van der Waals surface area contributed by atoms with Gasteiger partial charge in [-0.05, 0) is 35.0 Å². The summed E-state index contributed by atoms with van der Waals surface area (Å²) < 4.78 is 7.61. The van der Waals surface area contributed by atoms with Crippen LogP contribution in [0.5, 0.6) is 5.75 Å². The SMILES string of the molecule is O=c1ccc(-c2c(OCc3cc(=O)n4ccccc4n3)ccc3ccccc23)c[nH]1. The molecule has 0 fully saturated rings. The van der Waals surface area contributed by atoms with Gasteiger partial charge in [-0.1, -0.05) is 36.4 Å². The highest BCUT2D eigenvalue weighted by Gasteiger charge is 2.12. The van der Waals surface area contributed by atoms with Crippen LogP contribution >= 0.6 is 0 Å². The third-order valence-corrected chi connectivity index (χ3v) is 4.96. The number of ether oxygens (including phenoxy) is 1. The molecule has 0 aliphatic carbocycles. The van der Waals surface area contributed by atoms with E-state index in [-0.39, 0.29) is 17.7 Å². The minimum absolute atomic E-state index is 0.148. The van der Waals surface area contributed by atoms with E-state index in [4.69, 9.17) is 4.74 Å². The first-order valence-corrected chi connectivity index (χ1v) is 9.50. The number of hydrogen-bond acceptors (Lipinski definition) is 4. The van der Waals surface area contributed by atoms with Crippen LogP contribution in [0.3, 0.4) is 0 Å². The molecule has 0 saturated carbocycles. The molecule has 1 N–H and O–H groups in total. The number of hydrogen-bond donors (Lipinski definition) is 1. The summed E-state index contributed by atoms with van der Waals surface area (Å²) in [5.41, 5.74) is 2.52. The Hall–Kier alpha value is -4.19. The van der Waals surface area contributed by atoms with Crippen molar-refractivity contribution in [1.29, 1.82) is 0 Å². The lowest BCUT2D eigenvalue weighted by Gasteiger charge is -2.14. The van der Waals surface area contributed by atoms with E-state index >= 15 is 0 Å². The molecule has 3 heterocycles. The van der Waals surface area contributed by atoms with Gasteiger partial charge >= 0.3 is 0 Å². The number of nitrogens with one attached hydrogen (secondary N) is 1. The summed E-state index contributed by atoms with van der Waals surface area (Å²) >= 11 is 0. The Labute approximate surface area is 171 Å². The second kappa shape index (κ2) is 7.33. The molecular weight excluding hydrogens is 378 g/mol. The summed E-state index contributed by atoms with van der Waals surface area (Å²) in [5, 5.41) is 2.07. The highest BCUT2D eigenvalue weighted by Crippen LogP contribution is 2.36. The molecule has 0 saturated heterocycles. The number of rotatable bonds is 4. The zero-order valence-electron chi connectivity index (χ0n) is 15.9. The average molecular weight is 395 g/mol. The van der Waals surface area contributed by atoms with Gasteiger partial charge in [-0.2, -0.15) is 0 Å². The van der Waals surface area contributed by atoms with Crippen LogP contribution in [0.25, 0.3) is 27.5 Å². The molecule has 0 aliphatic heterocycles. The van der Waals surface area contributed by atoms with Crippen LogP contribution in [-0.2, 0) is 6.61 Å². The predicted molar refractivity (Wildman–Crippen MR) is 116 cm³/mol. The van der Waals surface area contributed by atoms with Gasteiger partial charge in [0.15, 0.2) is 0 Å². The minimum Gasteiger partial charge on any atom is -0.487 e. The summed E-state index contributed by atoms with van der Waals surface area (Å²) in [6, 6.07) is 22.0. The van der Waals surface area contributed by atoms with Crippen LogP contribution in [0.1, 0.15) is 5.69 Å². The normalized spacial score (nSPS) is 11.1. The Morgan fingerprint density at radius 3 is 2.67 bits per heavy atom. The zero-order valence-corrected chi connectivity index (χ0v) is 15.9. The maximum absolute atomic E-state index is 12.3. The van der Waals surface area contributed by atoms with Gasteiger partial charge in [0.25, 0.3) is 5.56 Å². The number of fused-ring (bicyclic) bond motifs is 2. The lowest BCUT2D eigenvalue weighted by atomic mass is 9.98. The molecule has 6 heteroatoms. The standard InChI is InChI=1S/C24H17N3O3/c28-22-11-9-17(14-25-22)24-19-6-2-1-5-16(19)8-10-20(24)30-15-18-13-23(29)27-12-4-3-7-21(27)26-18/h1-14H,15H2,(H,25,28). The third-order valence-electron chi connectivity index (χ3n) is 4.96. The monoisotopic (exact) mass is 395 g/mol. The molecule has 30 heavy (non-hydrogen) atoms. The Balaban J connectivity index is 1.58. The van der Waals surface area contributed by atoms with Gasteiger partial charge in [-0.25, -0.2) is 4.98 Å². The number of aromatic amines is 1. The Bertz CT molecular complexity index is 1480. The number of H-pyrrole nitrogens is 1. The quantitative estimate of drug-likeness (QED) is 0.502. The number of aromatic nitrogens is 3. The van der Waals surface area contributed by atoms with Crippen molar-refractivity contribution in [2.24, 2.45) is 0 Å². The van der Waals surface area contributed by atoms with Crippen molar-refractivity contribution in [3.63, 3.8) is 0 Å². The van der Waals surface area contributed by atoms with Gasteiger partial charge in [0.05, 0.1) is 5.69 Å². The van der Waals surface area contributed by atoms with Crippen LogP contribution in [-0.4, -0.2) is 14.4 Å². The number of nitrogens with zero attached hydrogens (tertiary/aromatic N) is 2. The van der Waals surface area contributed by atoms with Crippen LogP contribution in [0.15, 0.2) is 94.8 Å². The second-order valence-corrected chi connectivity index (χ2v) is 6.90. The summed E-state index contributed by atoms with van der Waals surface area (Å²) in [6.07, 6.45) is 3.37. The van der Waals surface area contributed by atoms with Crippen LogP contribution < -0.4 is 15.9 Å². The van der Waals surface area contributed by atoms with E-state index in [9.17, 15) is 9.59 Å². The first kappa shape index (κ1) is 17.9. The molecule has 0 spiro atoms. The van der Waals surface area contributed by atoms with Crippen LogP contribution in [0.4, 0.5) is 0 Å². The summed E-state index contributed by atoms with van der Waals surface area (Å²) in [4.78, 5) is 31.1. The fraction of sp³-hybridized carbons (Fsp3) is 0.0417. The van der Waals surface area contributed by atoms with Crippen molar-refractivity contribution >= 4 is 16.4 Å². The highest BCUT2D eigenvalue weighted by molar-refractivity contribution is 5.99. The molecule has 0 amide bonds. The summed E-state index contributed by atoms with van der Waals surface area (Å²) in [5.74, 6) is 0.649. The maximum atomic E-state index is 12.3. The lowest BCUT2D eigenvalue weighted by Crippen LogP contribution is -2.16. The zero-order chi connectivity index (χ0) is 20.5. The van der Waals surface area contributed by atoms with E-state index in [2.05, 4.69) is 9.97 Å². The molecule has 2 aromatic carbocycles. The van der Waals surface area contributed by atoms with Crippen LogP contribution in [0, 0.1) is 0 Å². The first-order valence-electron chi connectivity index (χ1n) is 9.50. The largest absolute Gasteiger partial charge is 0.487 e. The Morgan fingerprint density at radius 1 is 0.933 bits per heavy atom. The van der Waals surface area contributed by atoms with E-state index in [1.807, 2.05) is 42.5 Å². The summed E-state index contributed by atoms with van der Waals surface area (Å²) in [6.45, 7) is 0.148. The van der Waals surface area contributed by atoms with Gasteiger partial charge in [-0.15, -0.1) is 0 Å². The molecular formula is C24H17N3O3. The lowest BCUT2D eigenvalue weighted by molar-refractivity contribution is 0.303. The number of benzene rings is 2. The maximum Gasteiger partial charge on any atom is 0.258 e. The molecule has 0 bridgehead atoms. The van der Waals surface area contributed by atoms with Gasteiger partial charge in [0, 0.05) is 35.7 Å². The highest BCUT2D eigenvalue weighted by atomic mass is 16.5. The van der Waals surface area contributed by atoms with Crippen molar-refractivity contribution in [3.8, 4) is 16.9 Å². The molecule has 0 unspecified atom stereocenters. The van der Waals surface area contributed by atoms with Gasteiger partial charge in [-0.3, -0.25) is 14.0 Å². The van der Waals surface area contributed by atoms with Gasteiger partial charge in [0.2, 0.25) is 5.56 Å². The molecule has 6 nitrogen and oxygen atoms in total. The van der Waals surface area contributed by atoms with E-state index in [1.54, 1.807) is 30.6 Å². The van der Waals surface area contributed by atoms with Gasteiger partial charge < -0.3 is 9.72 Å². The summed E-state index contributed by atoms with van der Waals surface area (Å²) in [7, 11) is 0. The van der Waals surface area contributed by atoms with Crippen LogP contribution in [0.2, 0.25) is 0 Å². The molecule has 5 rings (SSSR count). The number of pyridine rings is 2. The van der Waals surface area contributed by atoms with Crippen molar-refractivity contribution in [2.45, 2.75) is 6.61 Å². The van der Waals surface area contributed by atoms with E-state index < -0.39 is 0 Å². The van der Waals surface area contributed by atoms with E-state index in [0.717, 1.165) is 21.9 Å². The second-order valence-electron chi connectivity index (χ2n) is 6.90. The first-order chi connectivity index (χ1) is 14.7. The van der Waals surface area contributed by atoms with E-state index in [1.165, 1.54) is 16.5 Å². The molecule has 0 aliphatic rings. The Morgan fingerprint density at radius 2 is 1.80 bits per heavy atom. The van der Waals surface area contributed by atoms with E-state index in [0.29, 0.717) is 17.1 Å². The predicted octanol–water partition coefficient (Wildman–Crippen LogP) is 3.78. The van der Waals surface area contributed by atoms with Crippen molar-refractivity contribution in [1.82, 2.24) is 14.4 Å². The minimum atomic E-state index is -0.165. The molecule has 0 atom stereocenters. The topological polar surface area (TPSA) is 76.5 Å². The molecule has 146 valence electrons. The average Bonchev–Trinajstić information content (AvgIpc) is 2.78. The fourth-order valence-electron chi connectivity index (χ4n) is 3.56. The van der Waals surface area contributed by atoms with Crippen molar-refractivity contribution < 1.29 is 4.74 Å². The molecule has 5 aromatic rings. The molecule has 0 radical (unpaired) electrons. The third kappa shape index (κ3) is 3.24. The molecule has 3 aromatic heterocycles. The smallest absolute Gasteiger partial charge is 0.258 e. The fourth-order valence-corrected chi connectivity index (χ4v) is 3.56.